The van der Waals surface area contributed by atoms with Crippen molar-refractivity contribution < 1.29 is 18.7 Å². The number of thiazole rings is 1. The van der Waals surface area contributed by atoms with Crippen molar-refractivity contribution in [3.05, 3.63) is 76.0 Å². The van der Waals surface area contributed by atoms with E-state index in [1.165, 1.54) is 23.5 Å². The van der Waals surface area contributed by atoms with E-state index in [4.69, 9.17) is 4.74 Å². The third-order valence-corrected chi connectivity index (χ3v) is 4.97. The topological polar surface area (TPSA) is 80.3 Å². The minimum atomic E-state index is -0.325. The summed E-state index contributed by atoms with van der Waals surface area (Å²) in [6, 6.07) is 12.6. The van der Waals surface area contributed by atoms with Gasteiger partial charge in [-0.1, -0.05) is 19.1 Å². The van der Waals surface area contributed by atoms with Gasteiger partial charge in [0.25, 0.3) is 5.91 Å². The molecule has 0 unspecified atom stereocenters. The van der Waals surface area contributed by atoms with Crippen molar-refractivity contribution in [3.63, 3.8) is 0 Å². The lowest BCUT2D eigenvalue weighted by Gasteiger charge is -2.10. The number of amides is 2. The second-order valence-electron chi connectivity index (χ2n) is 6.50. The summed E-state index contributed by atoms with van der Waals surface area (Å²) >= 11 is 1.38. The molecule has 30 heavy (non-hydrogen) atoms. The lowest BCUT2D eigenvalue weighted by atomic mass is 10.1. The zero-order valence-electron chi connectivity index (χ0n) is 16.5. The van der Waals surface area contributed by atoms with Crippen molar-refractivity contribution in [1.29, 1.82) is 0 Å². The highest BCUT2D eigenvalue weighted by molar-refractivity contribution is 7.09. The molecule has 0 saturated carbocycles. The third kappa shape index (κ3) is 6.12. The highest BCUT2D eigenvalue weighted by Gasteiger charge is 2.14. The van der Waals surface area contributed by atoms with Gasteiger partial charge in [0.2, 0.25) is 5.91 Å². The normalized spacial score (nSPS) is 10.5. The molecule has 0 aliphatic rings. The molecule has 0 saturated heterocycles. The summed E-state index contributed by atoms with van der Waals surface area (Å²) in [7, 11) is 0. The molecule has 3 aromatic rings. The van der Waals surface area contributed by atoms with Crippen LogP contribution in [0.4, 0.5) is 10.1 Å². The van der Waals surface area contributed by atoms with Gasteiger partial charge in [-0.2, -0.15) is 0 Å². The maximum Gasteiger partial charge on any atom is 0.253 e. The maximum atomic E-state index is 12.9. The number of hydrogen-bond acceptors (Lipinski definition) is 5. The van der Waals surface area contributed by atoms with Crippen LogP contribution in [0.1, 0.15) is 34.4 Å². The smallest absolute Gasteiger partial charge is 0.253 e. The van der Waals surface area contributed by atoms with E-state index >= 15 is 0 Å². The molecule has 1 aromatic heterocycles. The lowest BCUT2D eigenvalue weighted by Crippen LogP contribution is -2.26. The molecule has 0 bridgehead atoms. The zero-order chi connectivity index (χ0) is 21.3. The Hall–Kier alpha value is -3.26. The predicted molar refractivity (Wildman–Crippen MR) is 114 cm³/mol. The quantitative estimate of drug-likeness (QED) is 0.537. The first kappa shape index (κ1) is 21.4. The fraction of sp³-hybridized carbons (Fsp3) is 0.227. The second-order valence-corrected chi connectivity index (χ2v) is 7.44. The molecular weight excluding hydrogens is 405 g/mol. The summed E-state index contributed by atoms with van der Waals surface area (Å²) in [5, 5.41) is 8.10. The van der Waals surface area contributed by atoms with Crippen molar-refractivity contribution in [1.82, 2.24) is 10.3 Å². The number of rotatable bonds is 9. The Bertz CT molecular complexity index is 1000. The van der Waals surface area contributed by atoms with E-state index in [1.807, 2.05) is 6.92 Å². The van der Waals surface area contributed by atoms with Crippen LogP contribution in [-0.2, 0) is 17.8 Å². The Balaban J connectivity index is 1.56. The summed E-state index contributed by atoms with van der Waals surface area (Å²) in [6.07, 6.45) is 0.912. The summed E-state index contributed by atoms with van der Waals surface area (Å²) in [6.45, 7) is 2.78. The summed E-state index contributed by atoms with van der Waals surface area (Å²) in [4.78, 5) is 29.1. The number of hydrogen-bond donors (Lipinski definition) is 2. The molecule has 2 aromatic carbocycles. The average molecular weight is 428 g/mol. The van der Waals surface area contributed by atoms with Crippen molar-refractivity contribution in [2.75, 3.05) is 11.9 Å². The average Bonchev–Trinajstić information content (AvgIpc) is 3.19. The van der Waals surface area contributed by atoms with Crippen LogP contribution in [0.15, 0.2) is 53.9 Å². The SMILES string of the molecule is CCCNC(=O)c1ccccc1NC(=O)Cc1csc(COc2ccc(F)cc2)n1. The summed E-state index contributed by atoms with van der Waals surface area (Å²) in [5.74, 6) is -0.262. The van der Waals surface area contributed by atoms with Gasteiger partial charge in [-0.3, -0.25) is 9.59 Å². The number of nitrogens with zero attached hydrogens (tertiary/aromatic N) is 1. The number of anilines is 1. The van der Waals surface area contributed by atoms with E-state index in [0.29, 0.717) is 34.2 Å². The highest BCUT2D eigenvalue weighted by Crippen LogP contribution is 2.18. The molecule has 0 spiro atoms. The van der Waals surface area contributed by atoms with Gasteiger partial charge in [0.05, 0.1) is 23.4 Å². The van der Waals surface area contributed by atoms with Crippen LogP contribution in [0.3, 0.4) is 0 Å². The van der Waals surface area contributed by atoms with E-state index in [-0.39, 0.29) is 30.7 Å². The van der Waals surface area contributed by atoms with Crippen molar-refractivity contribution in [2.24, 2.45) is 0 Å². The molecule has 6 nitrogen and oxygen atoms in total. The minimum Gasteiger partial charge on any atom is -0.486 e. The van der Waals surface area contributed by atoms with Crippen molar-refractivity contribution in [2.45, 2.75) is 26.4 Å². The van der Waals surface area contributed by atoms with E-state index in [1.54, 1.807) is 41.8 Å². The van der Waals surface area contributed by atoms with Gasteiger partial charge >= 0.3 is 0 Å². The van der Waals surface area contributed by atoms with Gasteiger partial charge in [-0.25, -0.2) is 9.37 Å². The van der Waals surface area contributed by atoms with E-state index in [2.05, 4.69) is 15.6 Å². The van der Waals surface area contributed by atoms with Gasteiger partial charge in [-0.05, 0) is 42.8 Å². The van der Waals surface area contributed by atoms with Crippen LogP contribution in [0.5, 0.6) is 5.75 Å². The zero-order valence-corrected chi connectivity index (χ0v) is 17.3. The molecular formula is C22H22FN3O3S. The number of para-hydroxylation sites is 1. The van der Waals surface area contributed by atoms with Gasteiger partial charge < -0.3 is 15.4 Å². The third-order valence-electron chi connectivity index (χ3n) is 4.10. The van der Waals surface area contributed by atoms with Gasteiger partial charge in [0.1, 0.15) is 23.2 Å². The van der Waals surface area contributed by atoms with Crippen LogP contribution in [0.2, 0.25) is 0 Å². The number of halogens is 1. The number of carbonyl (C=O) groups excluding carboxylic acids is 2. The number of carbonyl (C=O) groups is 2. The monoisotopic (exact) mass is 427 g/mol. The fourth-order valence-electron chi connectivity index (χ4n) is 2.66. The van der Waals surface area contributed by atoms with Gasteiger partial charge in [-0.15, -0.1) is 11.3 Å². The maximum absolute atomic E-state index is 12.9. The minimum absolute atomic E-state index is 0.0813. The van der Waals surface area contributed by atoms with Crippen molar-refractivity contribution in [3.8, 4) is 5.75 Å². The highest BCUT2D eigenvalue weighted by atomic mass is 32.1. The number of aromatic nitrogens is 1. The standard InChI is InChI=1S/C22H22FN3O3S/c1-2-11-24-22(28)18-5-3-4-6-19(18)26-20(27)12-16-14-30-21(25-16)13-29-17-9-7-15(23)8-10-17/h3-10,14H,2,11-13H2,1H3,(H,24,28)(H,26,27). The molecule has 0 aliphatic carbocycles. The van der Waals surface area contributed by atoms with Crippen LogP contribution in [0, 0.1) is 5.82 Å². The first-order chi connectivity index (χ1) is 14.5. The second kappa shape index (κ2) is 10.5. The Morgan fingerprint density at radius 3 is 2.67 bits per heavy atom. The molecule has 2 amide bonds. The molecule has 8 heteroatoms. The van der Waals surface area contributed by atoms with Crippen LogP contribution in [-0.4, -0.2) is 23.3 Å². The Morgan fingerprint density at radius 1 is 1.13 bits per heavy atom. The first-order valence-electron chi connectivity index (χ1n) is 9.54. The number of ether oxygens (including phenoxy) is 1. The largest absolute Gasteiger partial charge is 0.486 e. The molecule has 0 radical (unpaired) electrons. The van der Waals surface area contributed by atoms with Crippen LogP contribution in [0.25, 0.3) is 0 Å². The summed E-state index contributed by atoms with van der Waals surface area (Å²) in [5.41, 5.74) is 1.50. The Labute approximate surface area is 178 Å². The lowest BCUT2D eigenvalue weighted by molar-refractivity contribution is -0.115. The van der Waals surface area contributed by atoms with E-state index in [0.717, 1.165) is 6.42 Å². The van der Waals surface area contributed by atoms with Crippen molar-refractivity contribution >= 4 is 28.8 Å². The first-order valence-corrected chi connectivity index (χ1v) is 10.4. The van der Waals surface area contributed by atoms with E-state index < -0.39 is 0 Å². The molecule has 3 rings (SSSR count). The molecule has 0 atom stereocenters. The van der Waals surface area contributed by atoms with Crippen LogP contribution >= 0.6 is 11.3 Å². The predicted octanol–water partition coefficient (Wildman–Crippen LogP) is 4.18. The van der Waals surface area contributed by atoms with Gasteiger partial charge in [0.15, 0.2) is 0 Å². The van der Waals surface area contributed by atoms with Crippen LogP contribution < -0.4 is 15.4 Å². The molecule has 1 heterocycles. The fourth-order valence-corrected chi connectivity index (χ4v) is 3.36. The molecule has 0 aliphatic heterocycles. The molecule has 2 N–H and O–H groups in total. The number of nitrogens with one attached hydrogen (secondary N) is 2. The molecule has 156 valence electrons. The van der Waals surface area contributed by atoms with Gasteiger partial charge in [0, 0.05) is 11.9 Å². The van der Waals surface area contributed by atoms with E-state index in [9.17, 15) is 14.0 Å². The Kier molecular flexibility index (Phi) is 7.51. The number of benzene rings is 2. The Morgan fingerprint density at radius 2 is 1.90 bits per heavy atom. The summed E-state index contributed by atoms with van der Waals surface area (Å²) < 4.78 is 18.5. The molecule has 0 fully saturated rings.